The molecule has 0 saturated heterocycles. The summed E-state index contributed by atoms with van der Waals surface area (Å²) in [5.41, 5.74) is 2.48. The number of aliphatic hydroxyl groups is 1. The van der Waals surface area contributed by atoms with Crippen molar-refractivity contribution in [1.82, 2.24) is 20.5 Å². The van der Waals surface area contributed by atoms with Crippen LogP contribution in [0.4, 0.5) is 10.5 Å². The molecule has 1 heterocycles. The highest BCUT2D eigenvalue weighted by molar-refractivity contribution is 14.1. The van der Waals surface area contributed by atoms with E-state index >= 15 is 0 Å². The zero-order chi connectivity index (χ0) is 27.7. The number of pyridine rings is 1. The predicted molar refractivity (Wildman–Crippen MR) is 157 cm³/mol. The van der Waals surface area contributed by atoms with Gasteiger partial charge >= 0.3 is 6.03 Å². The van der Waals surface area contributed by atoms with Gasteiger partial charge in [-0.2, -0.15) is 0 Å². The second-order valence-electron chi connectivity index (χ2n) is 8.46. The number of hydrogen-bond acceptors (Lipinski definition) is 7. The number of nitrogens with zero attached hydrogens (tertiary/aromatic N) is 2. The Morgan fingerprint density at radius 3 is 2.50 bits per heavy atom. The average molecular weight is 636 g/mol. The van der Waals surface area contributed by atoms with E-state index in [1.807, 2.05) is 19.9 Å². The first-order chi connectivity index (χ1) is 18.3. The number of urea groups is 1. The fraction of sp³-hybridized carbons (Fsp3) is 0.370. The van der Waals surface area contributed by atoms with Gasteiger partial charge in [0, 0.05) is 48.4 Å². The molecule has 11 heteroatoms. The molecule has 0 spiro atoms. The van der Waals surface area contributed by atoms with Crippen molar-refractivity contribution < 1.29 is 24.2 Å². The van der Waals surface area contributed by atoms with Crippen molar-refractivity contribution in [1.29, 1.82) is 0 Å². The molecule has 0 bridgehead atoms. The maximum atomic E-state index is 12.7. The van der Waals surface area contributed by atoms with Crippen LogP contribution in [0.2, 0.25) is 0 Å². The summed E-state index contributed by atoms with van der Waals surface area (Å²) in [4.78, 5) is 31.0. The van der Waals surface area contributed by atoms with Crippen LogP contribution in [0, 0.1) is 0 Å². The van der Waals surface area contributed by atoms with Crippen molar-refractivity contribution in [3.63, 3.8) is 0 Å². The van der Waals surface area contributed by atoms with Crippen LogP contribution in [0.5, 0.6) is 17.2 Å². The molecule has 1 atom stereocenters. The quantitative estimate of drug-likeness (QED) is 0.174. The SMILES string of the molecule is CCN(CC)C[C@@H](O)COc1cc2nccc(Oc3ccc(NC(=O)NC)c(CI)c3)c2cc1C(=O)NC. The third-order valence-electron chi connectivity index (χ3n) is 5.99. The molecule has 0 fully saturated rings. The fourth-order valence-electron chi connectivity index (χ4n) is 3.87. The van der Waals surface area contributed by atoms with Crippen LogP contribution in [-0.2, 0) is 4.43 Å². The monoisotopic (exact) mass is 635 g/mol. The third kappa shape index (κ3) is 7.45. The Labute approximate surface area is 236 Å². The molecule has 0 aliphatic heterocycles. The summed E-state index contributed by atoms with van der Waals surface area (Å²) in [6.45, 7) is 6.24. The van der Waals surface area contributed by atoms with E-state index in [1.165, 1.54) is 0 Å². The molecule has 204 valence electrons. The maximum Gasteiger partial charge on any atom is 0.318 e. The molecular weight excluding hydrogens is 601 g/mol. The van der Waals surface area contributed by atoms with Crippen molar-refractivity contribution in [2.75, 3.05) is 45.7 Å². The lowest BCUT2D eigenvalue weighted by molar-refractivity contribution is 0.0706. The number of aromatic nitrogens is 1. The number of rotatable bonds is 12. The molecule has 0 saturated carbocycles. The Kier molecular flexibility index (Phi) is 10.9. The number of carbonyl (C=O) groups is 2. The van der Waals surface area contributed by atoms with Crippen LogP contribution >= 0.6 is 22.6 Å². The zero-order valence-corrected chi connectivity index (χ0v) is 24.2. The van der Waals surface area contributed by atoms with Gasteiger partial charge in [0.1, 0.15) is 30.0 Å². The Bertz CT molecular complexity index is 1270. The number of alkyl halides is 1. The minimum atomic E-state index is -0.710. The maximum absolute atomic E-state index is 12.7. The normalized spacial score (nSPS) is 11.8. The number of amides is 3. The van der Waals surface area contributed by atoms with Gasteiger partial charge in [0.05, 0.1) is 11.1 Å². The van der Waals surface area contributed by atoms with Crippen LogP contribution in [-0.4, -0.2) is 73.4 Å². The van der Waals surface area contributed by atoms with Gasteiger partial charge in [-0.1, -0.05) is 36.4 Å². The minimum Gasteiger partial charge on any atom is -0.490 e. The smallest absolute Gasteiger partial charge is 0.318 e. The molecule has 2 aromatic carbocycles. The highest BCUT2D eigenvalue weighted by Gasteiger charge is 2.18. The number of nitrogens with one attached hydrogen (secondary N) is 3. The number of halogens is 1. The molecule has 3 amide bonds. The molecule has 10 nitrogen and oxygen atoms in total. The van der Waals surface area contributed by atoms with Crippen LogP contribution in [0.15, 0.2) is 42.6 Å². The Morgan fingerprint density at radius 1 is 1.08 bits per heavy atom. The van der Waals surface area contributed by atoms with Crippen molar-refractivity contribution in [3.05, 3.63) is 53.7 Å². The first-order valence-electron chi connectivity index (χ1n) is 12.4. The van der Waals surface area contributed by atoms with Gasteiger partial charge in [-0.05, 0) is 49.0 Å². The number of benzene rings is 2. The van der Waals surface area contributed by atoms with Gasteiger partial charge < -0.3 is 35.4 Å². The number of likely N-dealkylation sites (N-methyl/N-ethyl adjacent to an activating group) is 1. The van der Waals surface area contributed by atoms with Gasteiger partial charge in [0.15, 0.2) is 0 Å². The highest BCUT2D eigenvalue weighted by Crippen LogP contribution is 2.35. The Hall–Kier alpha value is -3.16. The van der Waals surface area contributed by atoms with E-state index in [2.05, 4.69) is 48.4 Å². The van der Waals surface area contributed by atoms with Gasteiger partial charge in [0.25, 0.3) is 5.91 Å². The second-order valence-corrected chi connectivity index (χ2v) is 9.23. The summed E-state index contributed by atoms with van der Waals surface area (Å²) in [5, 5.41) is 19.1. The van der Waals surface area contributed by atoms with E-state index in [1.54, 1.807) is 50.6 Å². The highest BCUT2D eigenvalue weighted by atomic mass is 127. The summed E-state index contributed by atoms with van der Waals surface area (Å²) in [6, 6.07) is 10.2. The molecule has 0 unspecified atom stereocenters. The van der Waals surface area contributed by atoms with Gasteiger partial charge in [-0.15, -0.1) is 0 Å². The van der Waals surface area contributed by atoms with Gasteiger partial charge in [-0.25, -0.2) is 4.79 Å². The first kappa shape index (κ1) is 29.4. The molecule has 1 aromatic heterocycles. The number of hydrogen-bond donors (Lipinski definition) is 4. The minimum absolute atomic E-state index is 0.0394. The number of fused-ring (bicyclic) bond motifs is 1. The molecule has 3 aromatic rings. The van der Waals surface area contributed by atoms with Gasteiger partial charge in [0.2, 0.25) is 0 Å². The van der Waals surface area contributed by atoms with Crippen LogP contribution in [0.3, 0.4) is 0 Å². The number of carbonyl (C=O) groups excluding carboxylic acids is 2. The van der Waals surface area contributed by atoms with E-state index in [0.717, 1.165) is 18.7 Å². The molecule has 38 heavy (non-hydrogen) atoms. The topological polar surface area (TPSA) is 125 Å². The van der Waals surface area contributed by atoms with E-state index in [4.69, 9.17) is 9.47 Å². The van der Waals surface area contributed by atoms with E-state index in [9.17, 15) is 14.7 Å². The zero-order valence-electron chi connectivity index (χ0n) is 22.0. The number of anilines is 1. The molecule has 4 N–H and O–H groups in total. The van der Waals surface area contributed by atoms with Crippen molar-refractivity contribution >= 4 is 51.1 Å². The number of aliphatic hydroxyl groups excluding tert-OH is 1. The van der Waals surface area contributed by atoms with Crippen molar-refractivity contribution in [3.8, 4) is 17.2 Å². The lowest BCUT2D eigenvalue weighted by Crippen LogP contribution is -2.35. The third-order valence-corrected chi connectivity index (χ3v) is 6.81. The lowest BCUT2D eigenvalue weighted by atomic mass is 10.1. The Balaban J connectivity index is 1.91. The molecular formula is C27H34IN5O5. The summed E-state index contributed by atoms with van der Waals surface area (Å²) in [5.74, 6) is 1.09. The molecule has 0 aliphatic rings. The summed E-state index contributed by atoms with van der Waals surface area (Å²) in [7, 11) is 3.11. The van der Waals surface area contributed by atoms with E-state index in [-0.39, 0.29) is 18.5 Å². The van der Waals surface area contributed by atoms with E-state index in [0.29, 0.717) is 50.4 Å². The second kappa shape index (κ2) is 14.1. The average Bonchev–Trinajstić information content (AvgIpc) is 2.94. The fourth-order valence-corrected chi connectivity index (χ4v) is 4.50. The molecule has 0 radical (unpaired) electrons. The van der Waals surface area contributed by atoms with Crippen LogP contribution in [0.25, 0.3) is 10.9 Å². The standard InChI is InChI=1S/C27H34IN5O5/c1-5-33(6-2)15-18(34)16-37-25-13-23-20(12-21(25)26(35)29-3)24(9-10-31-23)38-19-7-8-22(17(11-19)14-28)32-27(36)30-4/h7-13,18,34H,5-6,14-16H2,1-4H3,(H,29,35)(H2,30,32,36)/t18-/m1/s1. The lowest BCUT2D eigenvalue weighted by Gasteiger charge is -2.22. The first-order valence-corrected chi connectivity index (χ1v) is 13.9. The van der Waals surface area contributed by atoms with Crippen LogP contribution < -0.4 is 25.4 Å². The predicted octanol–water partition coefficient (Wildman–Crippen LogP) is 4.15. The van der Waals surface area contributed by atoms with E-state index < -0.39 is 6.10 Å². The molecule has 0 aliphatic carbocycles. The largest absolute Gasteiger partial charge is 0.490 e. The summed E-state index contributed by atoms with van der Waals surface area (Å²) >= 11 is 2.23. The summed E-state index contributed by atoms with van der Waals surface area (Å²) in [6.07, 6.45) is 0.912. The summed E-state index contributed by atoms with van der Waals surface area (Å²) < 4.78 is 12.8. The van der Waals surface area contributed by atoms with Crippen molar-refractivity contribution in [2.24, 2.45) is 0 Å². The van der Waals surface area contributed by atoms with Gasteiger partial charge in [-0.3, -0.25) is 9.78 Å². The van der Waals surface area contributed by atoms with Crippen molar-refractivity contribution in [2.45, 2.75) is 24.4 Å². The Morgan fingerprint density at radius 2 is 1.84 bits per heavy atom. The molecule has 3 rings (SSSR count). The van der Waals surface area contributed by atoms with Crippen LogP contribution in [0.1, 0.15) is 29.8 Å². The number of ether oxygens (including phenoxy) is 2.